The predicted molar refractivity (Wildman–Crippen MR) is 47.7 cm³/mol. The zero-order valence-electron chi connectivity index (χ0n) is 6.90. The summed E-state index contributed by atoms with van der Waals surface area (Å²) in [4.78, 5) is 22.8. The minimum atomic E-state index is -0.125. The van der Waals surface area contributed by atoms with Gasteiger partial charge in [-0.15, -0.1) is 0 Å². The van der Waals surface area contributed by atoms with Crippen LogP contribution in [0.25, 0.3) is 0 Å². The van der Waals surface area contributed by atoms with Crippen LogP contribution in [0.5, 0.6) is 0 Å². The summed E-state index contributed by atoms with van der Waals surface area (Å²) in [5.41, 5.74) is 0. The van der Waals surface area contributed by atoms with Gasteiger partial charge in [0.15, 0.2) is 0 Å². The van der Waals surface area contributed by atoms with Gasteiger partial charge in [0.2, 0.25) is 6.41 Å². The molecule has 70 valence electrons. The molecule has 0 saturated carbocycles. The molecule has 1 amide bonds. The topological polar surface area (TPSA) is 66.1 Å². The zero-order chi connectivity index (χ0) is 9.26. The Balaban J connectivity index is 2.11. The molecule has 1 atom stereocenters. The maximum absolute atomic E-state index is 10.8. The van der Waals surface area contributed by atoms with E-state index in [1.807, 2.05) is 0 Å². The van der Waals surface area contributed by atoms with Gasteiger partial charge >= 0.3 is 4.87 Å². The molecule has 1 aromatic rings. The van der Waals surface area contributed by atoms with Crippen LogP contribution in [0.2, 0.25) is 0 Å². The fraction of sp³-hybridized carbons (Fsp3) is 0.571. The Kier molecular flexibility index (Phi) is 2.13. The van der Waals surface area contributed by atoms with Crippen molar-refractivity contribution in [2.45, 2.75) is 12.3 Å². The van der Waals surface area contributed by atoms with E-state index >= 15 is 0 Å². The number of hydrogen-bond acceptors (Lipinski definition) is 4. The third-order valence-electron chi connectivity index (χ3n) is 2.17. The van der Waals surface area contributed by atoms with E-state index < -0.39 is 0 Å². The molecule has 0 radical (unpaired) electrons. The highest BCUT2D eigenvalue weighted by Gasteiger charge is 2.25. The van der Waals surface area contributed by atoms with Crippen molar-refractivity contribution < 1.29 is 4.79 Å². The third-order valence-corrected chi connectivity index (χ3v) is 3.08. The number of amides is 1. The number of nitrogens with zero attached hydrogens (tertiary/aromatic N) is 2. The van der Waals surface area contributed by atoms with Crippen molar-refractivity contribution in [3.05, 3.63) is 14.7 Å². The molecule has 1 N–H and O–H groups in total. The van der Waals surface area contributed by atoms with Gasteiger partial charge < -0.3 is 4.90 Å². The van der Waals surface area contributed by atoms with Crippen molar-refractivity contribution in [1.82, 2.24) is 15.1 Å². The van der Waals surface area contributed by atoms with Crippen LogP contribution in [0.4, 0.5) is 0 Å². The number of H-pyrrole nitrogens is 1. The number of rotatable bonds is 2. The van der Waals surface area contributed by atoms with Gasteiger partial charge in [-0.2, -0.15) is 5.10 Å². The molecule has 2 rings (SSSR count). The minimum absolute atomic E-state index is 0.125. The number of aromatic nitrogens is 2. The number of likely N-dealkylation sites (tertiary alicyclic amines) is 1. The van der Waals surface area contributed by atoms with Crippen LogP contribution in [0.1, 0.15) is 17.3 Å². The summed E-state index contributed by atoms with van der Waals surface area (Å²) in [7, 11) is 0. The molecular formula is C7H9N3O2S. The molecular weight excluding hydrogens is 190 g/mol. The number of carbonyl (C=O) groups excluding carboxylic acids is 1. The second-order valence-electron chi connectivity index (χ2n) is 3.04. The Labute approximate surface area is 78.4 Å². The van der Waals surface area contributed by atoms with Gasteiger partial charge in [-0.05, 0) is 6.42 Å². The average molecular weight is 199 g/mol. The quantitative estimate of drug-likeness (QED) is 0.669. The van der Waals surface area contributed by atoms with Crippen molar-refractivity contribution in [2.75, 3.05) is 13.1 Å². The molecule has 0 spiro atoms. The second kappa shape index (κ2) is 3.29. The smallest absolute Gasteiger partial charge is 0.322 e. The number of aromatic amines is 1. The van der Waals surface area contributed by atoms with Gasteiger partial charge in [0.05, 0.1) is 0 Å². The Morgan fingerprint density at radius 2 is 2.54 bits per heavy atom. The Morgan fingerprint density at radius 3 is 3.08 bits per heavy atom. The van der Waals surface area contributed by atoms with Crippen molar-refractivity contribution >= 4 is 17.7 Å². The van der Waals surface area contributed by atoms with E-state index in [1.54, 1.807) is 4.90 Å². The Morgan fingerprint density at radius 1 is 1.69 bits per heavy atom. The van der Waals surface area contributed by atoms with Crippen molar-refractivity contribution in [3.8, 4) is 0 Å². The highest BCUT2D eigenvalue weighted by Crippen LogP contribution is 2.25. The molecule has 1 aliphatic heterocycles. The summed E-state index contributed by atoms with van der Waals surface area (Å²) >= 11 is 1.13. The maximum atomic E-state index is 10.8. The second-order valence-corrected chi connectivity index (χ2v) is 4.03. The van der Waals surface area contributed by atoms with Gasteiger partial charge in [-0.3, -0.25) is 9.59 Å². The van der Waals surface area contributed by atoms with Crippen LogP contribution in [-0.2, 0) is 4.79 Å². The standard InChI is InChI=1S/C7H9N3O2S/c11-4-10-2-1-5(3-10)6-8-9-7(12)13-6/h4-5H,1-3H2,(H,9,12)/t5-/m1/s1. The fourth-order valence-electron chi connectivity index (χ4n) is 1.50. The largest absolute Gasteiger partial charge is 0.345 e. The molecule has 1 fully saturated rings. The van der Waals surface area contributed by atoms with E-state index in [2.05, 4.69) is 10.2 Å². The highest BCUT2D eigenvalue weighted by atomic mass is 32.1. The van der Waals surface area contributed by atoms with E-state index in [9.17, 15) is 9.59 Å². The molecule has 0 bridgehead atoms. The molecule has 13 heavy (non-hydrogen) atoms. The molecule has 0 aromatic carbocycles. The number of nitrogens with one attached hydrogen (secondary N) is 1. The molecule has 2 heterocycles. The first-order valence-electron chi connectivity index (χ1n) is 4.04. The predicted octanol–water partition coefficient (Wildman–Crippen LogP) is -0.223. The van der Waals surface area contributed by atoms with Crippen LogP contribution >= 0.6 is 11.3 Å². The Hall–Kier alpha value is -1.17. The lowest BCUT2D eigenvalue weighted by Crippen LogP contribution is -2.17. The van der Waals surface area contributed by atoms with Gasteiger partial charge in [0.1, 0.15) is 5.01 Å². The van der Waals surface area contributed by atoms with Gasteiger partial charge in [0.25, 0.3) is 0 Å². The summed E-state index contributed by atoms with van der Waals surface area (Å²) in [5, 5.41) is 7.10. The first kappa shape index (κ1) is 8.43. The molecule has 1 saturated heterocycles. The number of hydrogen-bond donors (Lipinski definition) is 1. The van der Waals surface area contributed by atoms with Crippen molar-refractivity contribution in [3.63, 3.8) is 0 Å². The van der Waals surface area contributed by atoms with E-state index in [0.29, 0.717) is 6.54 Å². The van der Waals surface area contributed by atoms with Crippen LogP contribution in [-0.4, -0.2) is 34.6 Å². The van der Waals surface area contributed by atoms with Gasteiger partial charge in [-0.1, -0.05) is 11.3 Å². The lowest BCUT2D eigenvalue weighted by molar-refractivity contribution is -0.117. The maximum Gasteiger partial charge on any atom is 0.322 e. The SMILES string of the molecule is O=CN1CC[C@@H](c2n[nH]c(=O)s2)C1. The average Bonchev–Trinajstić information content (AvgIpc) is 2.71. The first-order chi connectivity index (χ1) is 6.29. The van der Waals surface area contributed by atoms with Crippen molar-refractivity contribution in [1.29, 1.82) is 0 Å². The summed E-state index contributed by atoms with van der Waals surface area (Å²) < 4.78 is 0. The first-order valence-corrected chi connectivity index (χ1v) is 4.86. The lowest BCUT2D eigenvalue weighted by Gasteiger charge is -2.06. The zero-order valence-corrected chi connectivity index (χ0v) is 7.71. The lowest BCUT2D eigenvalue weighted by atomic mass is 10.1. The summed E-state index contributed by atoms with van der Waals surface area (Å²) in [5.74, 6) is 0.245. The van der Waals surface area contributed by atoms with E-state index in [0.717, 1.165) is 35.7 Å². The van der Waals surface area contributed by atoms with Gasteiger partial charge in [-0.25, -0.2) is 5.10 Å². The van der Waals surface area contributed by atoms with Crippen LogP contribution < -0.4 is 4.87 Å². The van der Waals surface area contributed by atoms with Gasteiger partial charge in [0, 0.05) is 19.0 Å². The molecule has 6 heteroatoms. The highest BCUT2D eigenvalue weighted by molar-refractivity contribution is 7.08. The van der Waals surface area contributed by atoms with E-state index in [-0.39, 0.29) is 10.8 Å². The van der Waals surface area contributed by atoms with Crippen LogP contribution in [0, 0.1) is 0 Å². The molecule has 0 aliphatic carbocycles. The summed E-state index contributed by atoms with van der Waals surface area (Å²) in [6.45, 7) is 1.45. The minimum Gasteiger partial charge on any atom is -0.345 e. The summed E-state index contributed by atoms with van der Waals surface area (Å²) in [6.07, 6.45) is 1.75. The normalized spacial score (nSPS) is 22.2. The molecule has 1 aromatic heterocycles. The van der Waals surface area contributed by atoms with E-state index in [4.69, 9.17) is 0 Å². The summed E-state index contributed by atoms with van der Waals surface area (Å²) in [6, 6.07) is 0. The monoisotopic (exact) mass is 199 g/mol. The molecule has 5 nitrogen and oxygen atoms in total. The van der Waals surface area contributed by atoms with E-state index in [1.165, 1.54) is 0 Å². The molecule has 0 unspecified atom stereocenters. The van der Waals surface area contributed by atoms with Crippen LogP contribution in [0.15, 0.2) is 4.79 Å². The molecule has 1 aliphatic rings. The fourth-order valence-corrected chi connectivity index (χ4v) is 2.23. The number of carbonyl (C=O) groups is 1. The third kappa shape index (κ3) is 1.62. The van der Waals surface area contributed by atoms with Crippen LogP contribution in [0.3, 0.4) is 0 Å². The van der Waals surface area contributed by atoms with Crippen molar-refractivity contribution in [2.24, 2.45) is 0 Å². The Bertz CT molecular complexity index is 359.